The van der Waals surface area contributed by atoms with E-state index < -0.39 is 30.6 Å². The van der Waals surface area contributed by atoms with Crippen LogP contribution < -0.4 is 0 Å². The van der Waals surface area contributed by atoms with E-state index in [4.69, 9.17) is 4.74 Å². The summed E-state index contributed by atoms with van der Waals surface area (Å²) in [5.74, 6) is -0.652. The van der Waals surface area contributed by atoms with Crippen LogP contribution in [0.1, 0.15) is 40.0 Å². The maximum atomic E-state index is 12.6. The molecule has 2 rings (SSSR count). The van der Waals surface area contributed by atoms with Crippen LogP contribution in [0.3, 0.4) is 0 Å². The Morgan fingerprint density at radius 2 is 1.91 bits per heavy atom. The second-order valence-corrected chi connectivity index (χ2v) is 7.02. The molecule has 1 saturated heterocycles. The lowest BCUT2D eigenvalue weighted by atomic mass is 10.1. The fourth-order valence-corrected chi connectivity index (χ4v) is 2.64. The van der Waals surface area contributed by atoms with Gasteiger partial charge in [0.1, 0.15) is 5.60 Å². The summed E-state index contributed by atoms with van der Waals surface area (Å²) < 4.78 is 30.5. The molecule has 0 spiro atoms. The van der Waals surface area contributed by atoms with E-state index in [1.165, 1.54) is 9.80 Å². The molecule has 0 aromatic carbocycles. The van der Waals surface area contributed by atoms with Crippen LogP contribution in [-0.4, -0.2) is 59.5 Å². The van der Waals surface area contributed by atoms with Crippen LogP contribution in [0.5, 0.6) is 0 Å². The molecule has 1 aliphatic heterocycles. The summed E-state index contributed by atoms with van der Waals surface area (Å²) in [5, 5.41) is 0. The first-order chi connectivity index (χ1) is 10.2. The molecule has 1 aliphatic carbocycles. The second kappa shape index (κ2) is 6.38. The Hall–Kier alpha value is -1.40. The molecular formula is C15H24F2N2O3. The van der Waals surface area contributed by atoms with Gasteiger partial charge >= 0.3 is 6.09 Å². The third kappa shape index (κ3) is 4.55. The first-order valence-corrected chi connectivity index (χ1v) is 7.74. The number of halogens is 2. The minimum absolute atomic E-state index is 0.0444. The van der Waals surface area contributed by atoms with Crippen molar-refractivity contribution >= 4 is 12.0 Å². The molecule has 0 N–H and O–H groups in total. The Labute approximate surface area is 129 Å². The molecule has 126 valence electrons. The maximum absolute atomic E-state index is 12.6. The number of amides is 2. The molecule has 7 heteroatoms. The van der Waals surface area contributed by atoms with Crippen molar-refractivity contribution in [3.63, 3.8) is 0 Å². The van der Waals surface area contributed by atoms with Gasteiger partial charge in [0.2, 0.25) is 5.91 Å². The van der Waals surface area contributed by atoms with Crippen LogP contribution >= 0.6 is 0 Å². The first-order valence-electron chi connectivity index (χ1n) is 7.74. The van der Waals surface area contributed by atoms with Gasteiger partial charge in [0.15, 0.2) is 0 Å². The van der Waals surface area contributed by atoms with Crippen LogP contribution in [0.2, 0.25) is 0 Å². The van der Waals surface area contributed by atoms with Gasteiger partial charge in [-0.2, -0.15) is 0 Å². The Balaban J connectivity index is 1.91. The third-order valence-electron chi connectivity index (χ3n) is 3.79. The molecule has 1 heterocycles. The summed E-state index contributed by atoms with van der Waals surface area (Å²) in [6.45, 7) is 5.51. The summed E-state index contributed by atoms with van der Waals surface area (Å²) in [4.78, 5) is 27.2. The van der Waals surface area contributed by atoms with Crippen LogP contribution in [0.25, 0.3) is 0 Å². The van der Waals surface area contributed by atoms with Crippen molar-refractivity contribution in [3.8, 4) is 0 Å². The number of carbonyl (C=O) groups excluding carboxylic acids is 2. The fourth-order valence-electron chi connectivity index (χ4n) is 2.64. The minimum atomic E-state index is -2.52. The quantitative estimate of drug-likeness (QED) is 0.800. The SMILES string of the molecule is CC(C)(C)OC(=O)N1CCC(C(=O)N(CC(F)F)C2CC2)C1. The molecule has 0 aromatic rings. The third-order valence-corrected chi connectivity index (χ3v) is 3.79. The topological polar surface area (TPSA) is 49.9 Å². The minimum Gasteiger partial charge on any atom is -0.444 e. The summed E-state index contributed by atoms with van der Waals surface area (Å²) in [7, 11) is 0. The summed E-state index contributed by atoms with van der Waals surface area (Å²) in [6, 6.07) is -0.0444. The molecule has 5 nitrogen and oxygen atoms in total. The standard InChI is InChI=1S/C15H24F2N2O3/c1-15(2,3)22-14(21)18-7-6-10(8-18)13(20)19(9-12(16)17)11-4-5-11/h10-12H,4-9H2,1-3H3. The first kappa shape index (κ1) is 17.0. The van der Waals surface area contributed by atoms with Crippen molar-refractivity contribution in [3.05, 3.63) is 0 Å². The van der Waals surface area contributed by atoms with Gasteiger partial charge in [0, 0.05) is 19.1 Å². The Bertz CT molecular complexity index is 433. The van der Waals surface area contributed by atoms with Crippen molar-refractivity contribution in [1.82, 2.24) is 9.80 Å². The Kier molecular flexibility index (Phi) is 4.92. The summed E-state index contributed by atoms with van der Waals surface area (Å²) in [5.41, 5.74) is -0.588. The zero-order chi connectivity index (χ0) is 16.5. The zero-order valence-electron chi connectivity index (χ0n) is 13.3. The second-order valence-electron chi connectivity index (χ2n) is 7.02. The number of hydrogen-bond donors (Lipinski definition) is 0. The highest BCUT2D eigenvalue weighted by Crippen LogP contribution is 2.31. The van der Waals surface area contributed by atoms with Gasteiger partial charge < -0.3 is 14.5 Å². The van der Waals surface area contributed by atoms with Crippen LogP contribution in [-0.2, 0) is 9.53 Å². The molecule has 2 aliphatic rings. The number of hydrogen-bond acceptors (Lipinski definition) is 3. The van der Waals surface area contributed by atoms with Gasteiger partial charge in [-0.1, -0.05) is 0 Å². The van der Waals surface area contributed by atoms with Gasteiger partial charge in [0.25, 0.3) is 6.43 Å². The normalized spacial score (nSPS) is 22.1. The highest BCUT2D eigenvalue weighted by Gasteiger charge is 2.40. The van der Waals surface area contributed by atoms with Crippen molar-refractivity contribution < 1.29 is 23.1 Å². The summed E-state index contributed by atoms with van der Waals surface area (Å²) in [6.07, 6.45) is -0.880. The average molecular weight is 318 g/mol. The number of likely N-dealkylation sites (tertiary alicyclic amines) is 1. The van der Waals surface area contributed by atoms with Gasteiger partial charge in [0.05, 0.1) is 12.5 Å². The lowest BCUT2D eigenvalue weighted by molar-refractivity contribution is -0.137. The van der Waals surface area contributed by atoms with E-state index in [2.05, 4.69) is 0 Å². The molecule has 1 atom stereocenters. The van der Waals surface area contributed by atoms with E-state index in [0.29, 0.717) is 13.0 Å². The largest absolute Gasteiger partial charge is 0.444 e. The Morgan fingerprint density at radius 1 is 1.27 bits per heavy atom. The lowest BCUT2D eigenvalue weighted by Gasteiger charge is -2.26. The van der Waals surface area contributed by atoms with Crippen LogP contribution in [0.4, 0.5) is 13.6 Å². The Morgan fingerprint density at radius 3 is 2.41 bits per heavy atom. The fraction of sp³-hybridized carbons (Fsp3) is 0.867. The van der Waals surface area contributed by atoms with Crippen LogP contribution in [0, 0.1) is 5.92 Å². The molecule has 22 heavy (non-hydrogen) atoms. The van der Waals surface area contributed by atoms with Gasteiger partial charge in [-0.25, -0.2) is 13.6 Å². The van der Waals surface area contributed by atoms with Gasteiger partial charge in [-0.15, -0.1) is 0 Å². The summed E-state index contributed by atoms with van der Waals surface area (Å²) >= 11 is 0. The van der Waals surface area contributed by atoms with E-state index in [1.807, 2.05) is 0 Å². The van der Waals surface area contributed by atoms with Gasteiger partial charge in [-0.05, 0) is 40.0 Å². The number of carbonyl (C=O) groups is 2. The number of rotatable bonds is 4. The van der Waals surface area contributed by atoms with E-state index in [9.17, 15) is 18.4 Å². The maximum Gasteiger partial charge on any atom is 0.410 e. The molecule has 2 amide bonds. The molecule has 0 radical (unpaired) electrons. The molecule has 2 fully saturated rings. The molecule has 1 unspecified atom stereocenters. The van der Waals surface area contributed by atoms with Crippen molar-refractivity contribution in [2.45, 2.75) is 58.1 Å². The number of ether oxygens (including phenoxy) is 1. The predicted octanol–water partition coefficient (Wildman–Crippen LogP) is 2.50. The highest BCUT2D eigenvalue weighted by molar-refractivity contribution is 5.81. The zero-order valence-corrected chi connectivity index (χ0v) is 13.3. The van der Waals surface area contributed by atoms with Crippen molar-refractivity contribution in [2.75, 3.05) is 19.6 Å². The van der Waals surface area contributed by atoms with Crippen LogP contribution in [0.15, 0.2) is 0 Å². The van der Waals surface area contributed by atoms with Gasteiger partial charge in [-0.3, -0.25) is 4.79 Å². The van der Waals surface area contributed by atoms with E-state index in [-0.39, 0.29) is 18.5 Å². The highest BCUT2D eigenvalue weighted by atomic mass is 19.3. The number of alkyl halides is 2. The monoisotopic (exact) mass is 318 g/mol. The molecular weight excluding hydrogens is 294 g/mol. The van der Waals surface area contributed by atoms with E-state index in [1.54, 1.807) is 20.8 Å². The molecule has 1 saturated carbocycles. The lowest BCUT2D eigenvalue weighted by Crippen LogP contribution is -2.42. The smallest absolute Gasteiger partial charge is 0.410 e. The molecule has 0 bridgehead atoms. The van der Waals surface area contributed by atoms with E-state index in [0.717, 1.165) is 12.8 Å². The van der Waals surface area contributed by atoms with E-state index >= 15 is 0 Å². The predicted molar refractivity (Wildman–Crippen MR) is 76.7 cm³/mol. The van der Waals surface area contributed by atoms with Crippen molar-refractivity contribution in [2.24, 2.45) is 5.92 Å². The number of nitrogens with zero attached hydrogens (tertiary/aromatic N) is 2. The molecule has 0 aromatic heterocycles. The van der Waals surface area contributed by atoms with Crippen molar-refractivity contribution in [1.29, 1.82) is 0 Å². The average Bonchev–Trinajstić information content (AvgIpc) is 3.09.